The molecule has 0 amide bonds. The number of hydrogen-bond acceptors (Lipinski definition) is 2. The second-order valence-electron chi connectivity index (χ2n) is 4.73. The van der Waals surface area contributed by atoms with Crippen LogP contribution in [-0.4, -0.2) is 13.1 Å². The van der Waals surface area contributed by atoms with E-state index in [0.717, 1.165) is 11.6 Å². The van der Waals surface area contributed by atoms with E-state index in [4.69, 9.17) is 5.73 Å². The van der Waals surface area contributed by atoms with Crippen molar-refractivity contribution >= 4 is 11.4 Å². The molecule has 0 aromatic heterocycles. The largest absolute Gasteiger partial charge is 0.399 e. The fourth-order valence-electron chi connectivity index (χ4n) is 2.28. The molecular formula is C13H20N2. The van der Waals surface area contributed by atoms with Crippen LogP contribution in [0.2, 0.25) is 0 Å². The zero-order valence-corrected chi connectivity index (χ0v) is 9.66. The number of hydrogen-bond donors (Lipinski definition) is 1. The molecule has 2 N–H and O–H groups in total. The predicted octanol–water partition coefficient (Wildman–Crippen LogP) is 2.81. The Kier molecular flexibility index (Phi) is 2.85. The number of nitrogen functional groups attached to an aromatic ring is 1. The molecule has 82 valence electrons. The molecule has 1 aliphatic heterocycles. The molecule has 1 aromatic carbocycles. The average Bonchev–Trinajstić information content (AvgIpc) is 2.22. The molecule has 1 aliphatic rings. The summed E-state index contributed by atoms with van der Waals surface area (Å²) in [5.41, 5.74) is 9.23. The van der Waals surface area contributed by atoms with Gasteiger partial charge in [0.1, 0.15) is 0 Å². The highest BCUT2D eigenvalue weighted by Gasteiger charge is 2.16. The molecule has 2 rings (SSSR count). The van der Waals surface area contributed by atoms with Crippen LogP contribution in [0, 0.1) is 12.8 Å². The first-order chi connectivity index (χ1) is 7.16. The van der Waals surface area contributed by atoms with Crippen LogP contribution in [0.15, 0.2) is 18.2 Å². The van der Waals surface area contributed by atoms with E-state index in [2.05, 4.69) is 30.9 Å². The van der Waals surface area contributed by atoms with Crippen molar-refractivity contribution in [1.82, 2.24) is 0 Å². The maximum Gasteiger partial charge on any atom is 0.0370 e. The summed E-state index contributed by atoms with van der Waals surface area (Å²) in [6.07, 6.45) is 2.68. The van der Waals surface area contributed by atoms with E-state index >= 15 is 0 Å². The van der Waals surface area contributed by atoms with Gasteiger partial charge in [-0.3, -0.25) is 0 Å². The number of benzene rings is 1. The maximum atomic E-state index is 5.83. The van der Waals surface area contributed by atoms with Gasteiger partial charge in [0.05, 0.1) is 0 Å². The lowest BCUT2D eigenvalue weighted by Crippen LogP contribution is -2.34. The molecule has 0 radical (unpaired) electrons. The summed E-state index contributed by atoms with van der Waals surface area (Å²) in [6, 6.07) is 6.36. The Hall–Kier alpha value is -1.18. The highest BCUT2D eigenvalue weighted by Crippen LogP contribution is 2.25. The maximum absolute atomic E-state index is 5.83. The van der Waals surface area contributed by atoms with E-state index in [1.165, 1.54) is 37.2 Å². The second kappa shape index (κ2) is 4.13. The fourth-order valence-corrected chi connectivity index (χ4v) is 2.28. The van der Waals surface area contributed by atoms with Crippen LogP contribution >= 0.6 is 0 Å². The number of nitrogens with two attached hydrogens (primary N) is 1. The summed E-state index contributed by atoms with van der Waals surface area (Å²) >= 11 is 0. The SMILES string of the molecule is Cc1cc(N2CCC[C@@H](C)C2)ccc1N. The molecule has 2 heteroatoms. The van der Waals surface area contributed by atoms with Crippen molar-refractivity contribution in [3.63, 3.8) is 0 Å². The summed E-state index contributed by atoms with van der Waals surface area (Å²) in [5, 5.41) is 0. The average molecular weight is 204 g/mol. The first-order valence-electron chi connectivity index (χ1n) is 5.78. The Morgan fingerprint density at radius 3 is 2.87 bits per heavy atom. The third-order valence-electron chi connectivity index (χ3n) is 3.28. The van der Waals surface area contributed by atoms with Gasteiger partial charge >= 0.3 is 0 Å². The Labute approximate surface area is 92.1 Å². The van der Waals surface area contributed by atoms with Crippen molar-refractivity contribution in [3.05, 3.63) is 23.8 Å². The first kappa shape index (κ1) is 10.3. The Balaban J connectivity index is 2.18. The smallest absolute Gasteiger partial charge is 0.0370 e. The molecule has 15 heavy (non-hydrogen) atoms. The molecule has 1 fully saturated rings. The summed E-state index contributed by atoms with van der Waals surface area (Å²) < 4.78 is 0. The number of piperidine rings is 1. The van der Waals surface area contributed by atoms with E-state index in [9.17, 15) is 0 Å². The van der Waals surface area contributed by atoms with Gasteiger partial charge in [0, 0.05) is 24.5 Å². The molecule has 2 nitrogen and oxygen atoms in total. The van der Waals surface area contributed by atoms with Crippen LogP contribution < -0.4 is 10.6 Å². The standard InChI is InChI=1S/C13H20N2/c1-10-4-3-7-15(9-10)12-5-6-13(14)11(2)8-12/h5-6,8,10H,3-4,7,9,14H2,1-2H3/t10-/m1/s1. The highest BCUT2D eigenvalue weighted by molar-refractivity contribution is 5.58. The van der Waals surface area contributed by atoms with E-state index in [1.807, 2.05) is 6.07 Å². The molecule has 0 spiro atoms. The minimum atomic E-state index is 0.816. The molecule has 1 heterocycles. The number of rotatable bonds is 1. The third-order valence-corrected chi connectivity index (χ3v) is 3.28. The lowest BCUT2D eigenvalue weighted by Gasteiger charge is -2.33. The zero-order chi connectivity index (χ0) is 10.8. The normalized spacial score (nSPS) is 21.7. The highest BCUT2D eigenvalue weighted by atomic mass is 15.1. The molecule has 0 bridgehead atoms. The van der Waals surface area contributed by atoms with Gasteiger partial charge in [0.2, 0.25) is 0 Å². The minimum absolute atomic E-state index is 0.816. The van der Waals surface area contributed by atoms with Gasteiger partial charge in [-0.1, -0.05) is 6.92 Å². The van der Waals surface area contributed by atoms with Gasteiger partial charge < -0.3 is 10.6 Å². The Bertz CT molecular complexity index is 346. The topological polar surface area (TPSA) is 29.3 Å². The summed E-state index contributed by atoms with van der Waals surface area (Å²) in [4.78, 5) is 2.47. The van der Waals surface area contributed by atoms with Crippen molar-refractivity contribution in [3.8, 4) is 0 Å². The van der Waals surface area contributed by atoms with Crippen LogP contribution in [0.1, 0.15) is 25.3 Å². The summed E-state index contributed by atoms with van der Waals surface area (Å²) in [5.74, 6) is 0.816. The van der Waals surface area contributed by atoms with Gasteiger partial charge in [-0.15, -0.1) is 0 Å². The van der Waals surface area contributed by atoms with Crippen LogP contribution in [0.4, 0.5) is 11.4 Å². The van der Waals surface area contributed by atoms with Gasteiger partial charge in [0.15, 0.2) is 0 Å². The van der Waals surface area contributed by atoms with E-state index < -0.39 is 0 Å². The fraction of sp³-hybridized carbons (Fsp3) is 0.538. The molecule has 1 atom stereocenters. The van der Waals surface area contributed by atoms with E-state index in [-0.39, 0.29) is 0 Å². The number of anilines is 2. The predicted molar refractivity (Wildman–Crippen MR) is 66.2 cm³/mol. The summed E-state index contributed by atoms with van der Waals surface area (Å²) in [6.45, 7) is 6.78. The van der Waals surface area contributed by atoms with Gasteiger partial charge in [-0.25, -0.2) is 0 Å². The van der Waals surface area contributed by atoms with Crippen molar-refractivity contribution in [2.45, 2.75) is 26.7 Å². The van der Waals surface area contributed by atoms with Gasteiger partial charge in [-0.2, -0.15) is 0 Å². The molecule has 0 aliphatic carbocycles. The third kappa shape index (κ3) is 2.25. The van der Waals surface area contributed by atoms with Crippen molar-refractivity contribution in [2.75, 3.05) is 23.7 Å². The van der Waals surface area contributed by atoms with Crippen LogP contribution in [0.5, 0.6) is 0 Å². The molecule has 0 unspecified atom stereocenters. The second-order valence-corrected chi connectivity index (χ2v) is 4.73. The summed E-state index contributed by atoms with van der Waals surface area (Å²) in [7, 11) is 0. The van der Waals surface area contributed by atoms with Gasteiger partial charge in [0.25, 0.3) is 0 Å². The lowest BCUT2D eigenvalue weighted by molar-refractivity contribution is 0.447. The van der Waals surface area contributed by atoms with E-state index in [0.29, 0.717) is 0 Å². The molecule has 1 saturated heterocycles. The van der Waals surface area contributed by atoms with Crippen molar-refractivity contribution in [2.24, 2.45) is 5.92 Å². The quantitative estimate of drug-likeness (QED) is 0.713. The van der Waals surface area contributed by atoms with Crippen LogP contribution in [-0.2, 0) is 0 Å². The minimum Gasteiger partial charge on any atom is -0.399 e. The molecular weight excluding hydrogens is 184 g/mol. The number of aryl methyl sites for hydroxylation is 1. The van der Waals surface area contributed by atoms with E-state index in [1.54, 1.807) is 0 Å². The Morgan fingerprint density at radius 2 is 2.20 bits per heavy atom. The monoisotopic (exact) mass is 204 g/mol. The lowest BCUT2D eigenvalue weighted by atomic mass is 9.99. The van der Waals surface area contributed by atoms with Gasteiger partial charge in [-0.05, 0) is 49.4 Å². The first-order valence-corrected chi connectivity index (χ1v) is 5.78. The van der Waals surface area contributed by atoms with Crippen molar-refractivity contribution < 1.29 is 0 Å². The Morgan fingerprint density at radius 1 is 1.40 bits per heavy atom. The zero-order valence-electron chi connectivity index (χ0n) is 9.66. The van der Waals surface area contributed by atoms with Crippen LogP contribution in [0.25, 0.3) is 0 Å². The molecule has 1 aromatic rings. The number of nitrogens with zero attached hydrogens (tertiary/aromatic N) is 1. The van der Waals surface area contributed by atoms with Crippen molar-refractivity contribution in [1.29, 1.82) is 0 Å². The molecule has 0 saturated carbocycles. The van der Waals surface area contributed by atoms with Crippen LogP contribution in [0.3, 0.4) is 0 Å².